The first-order valence-corrected chi connectivity index (χ1v) is 6.39. The number of thiophene rings is 1. The fourth-order valence-corrected chi connectivity index (χ4v) is 2.27. The van der Waals surface area contributed by atoms with Gasteiger partial charge in [-0.2, -0.15) is 11.3 Å². The molecule has 2 aromatic heterocycles. The van der Waals surface area contributed by atoms with Gasteiger partial charge in [0, 0.05) is 26.7 Å². The van der Waals surface area contributed by atoms with Gasteiger partial charge in [0.1, 0.15) is 17.5 Å². The molecular weight excluding hydrogens is 232 g/mol. The topological polar surface area (TPSA) is 41.0 Å². The number of hydrogen-bond acceptors (Lipinski definition) is 5. The Balaban J connectivity index is 2.18. The maximum absolute atomic E-state index is 4.44. The molecule has 2 aromatic rings. The predicted octanol–water partition coefficient (Wildman–Crippen LogP) is 2.52. The largest absolute Gasteiger partial charge is 0.373 e. The van der Waals surface area contributed by atoms with E-state index in [2.05, 4.69) is 37.0 Å². The van der Waals surface area contributed by atoms with Crippen LogP contribution in [0.25, 0.3) is 0 Å². The van der Waals surface area contributed by atoms with E-state index in [0.717, 1.165) is 24.0 Å². The third-order valence-corrected chi connectivity index (χ3v) is 3.20. The summed E-state index contributed by atoms with van der Waals surface area (Å²) >= 11 is 1.72. The van der Waals surface area contributed by atoms with E-state index in [1.807, 2.05) is 27.1 Å². The van der Waals surface area contributed by atoms with E-state index in [1.54, 1.807) is 11.3 Å². The Morgan fingerprint density at radius 2 is 2.24 bits per heavy atom. The summed E-state index contributed by atoms with van der Waals surface area (Å²) in [6.07, 6.45) is 0. The summed E-state index contributed by atoms with van der Waals surface area (Å²) in [5, 5.41) is 7.29. The molecular formula is C12H16N4S. The number of hydrogen-bond donors (Lipinski definition) is 1. The molecule has 5 heteroatoms. The summed E-state index contributed by atoms with van der Waals surface area (Å²) in [5.74, 6) is 2.57. The van der Waals surface area contributed by atoms with Crippen molar-refractivity contribution in [3.05, 3.63) is 34.3 Å². The van der Waals surface area contributed by atoms with E-state index in [0.29, 0.717) is 0 Å². The number of rotatable bonds is 4. The van der Waals surface area contributed by atoms with Crippen LogP contribution in [0.3, 0.4) is 0 Å². The Morgan fingerprint density at radius 1 is 1.41 bits per heavy atom. The van der Waals surface area contributed by atoms with Crippen LogP contribution in [0.5, 0.6) is 0 Å². The molecule has 17 heavy (non-hydrogen) atoms. The van der Waals surface area contributed by atoms with Gasteiger partial charge in [0.05, 0.1) is 0 Å². The van der Waals surface area contributed by atoms with Crippen molar-refractivity contribution in [2.24, 2.45) is 0 Å². The molecule has 0 atom stereocenters. The van der Waals surface area contributed by atoms with Gasteiger partial charge in [-0.1, -0.05) is 0 Å². The standard InChI is InChI=1S/C12H16N4S/c1-9-14-11(13-2)6-12(15-9)16(3)7-10-4-5-17-8-10/h4-6,8H,7H2,1-3H3,(H,13,14,15). The van der Waals surface area contributed by atoms with Crippen molar-refractivity contribution in [3.63, 3.8) is 0 Å². The summed E-state index contributed by atoms with van der Waals surface area (Å²) in [6, 6.07) is 4.09. The molecule has 0 saturated heterocycles. The Kier molecular flexibility index (Phi) is 3.58. The fraction of sp³-hybridized carbons (Fsp3) is 0.333. The van der Waals surface area contributed by atoms with E-state index in [9.17, 15) is 0 Å². The minimum absolute atomic E-state index is 0.781. The van der Waals surface area contributed by atoms with Crippen LogP contribution in [0, 0.1) is 6.92 Å². The highest BCUT2D eigenvalue weighted by Gasteiger charge is 2.06. The molecule has 0 unspecified atom stereocenters. The van der Waals surface area contributed by atoms with E-state index in [4.69, 9.17) is 0 Å². The molecule has 0 spiro atoms. The molecule has 2 rings (SSSR count). The zero-order chi connectivity index (χ0) is 12.3. The quantitative estimate of drug-likeness (QED) is 0.902. The van der Waals surface area contributed by atoms with Crippen molar-refractivity contribution in [3.8, 4) is 0 Å². The highest BCUT2D eigenvalue weighted by Crippen LogP contribution is 2.17. The minimum Gasteiger partial charge on any atom is -0.373 e. The van der Waals surface area contributed by atoms with Crippen LogP contribution in [-0.2, 0) is 6.54 Å². The molecule has 90 valence electrons. The van der Waals surface area contributed by atoms with Crippen molar-refractivity contribution < 1.29 is 0 Å². The van der Waals surface area contributed by atoms with Gasteiger partial charge >= 0.3 is 0 Å². The molecule has 2 heterocycles. The average molecular weight is 248 g/mol. The van der Waals surface area contributed by atoms with Crippen molar-refractivity contribution >= 4 is 23.0 Å². The van der Waals surface area contributed by atoms with Crippen LogP contribution in [0.2, 0.25) is 0 Å². The molecule has 0 aliphatic heterocycles. The van der Waals surface area contributed by atoms with E-state index >= 15 is 0 Å². The van der Waals surface area contributed by atoms with Gasteiger partial charge in [0.2, 0.25) is 0 Å². The number of aryl methyl sites for hydroxylation is 1. The SMILES string of the molecule is CNc1cc(N(C)Cc2ccsc2)nc(C)n1. The Bertz CT molecular complexity index is 481. The average Bonchev–Trinajstić information content (AvgIpc) is 2.81. The van der Waals surface area contributed by atoms with E-state index in [1.165, 1.54) is 5.56 Å². The lowest BCUT2D eigenvalue weighted by Gasteiger charge is -2.18. The first kappa shape index (κ1) is 11.9. The second-order valence-corrected chi connectivity index (χ2v) is 4.68. The fourth-order valence-electron chi connectivity index (χ4n) is 1.61. The highest BCUT2D eigenvalue weighted by molar-refractivity contribution is 7.07. The van der Waals surface area contributed by atoms with Gasteiger partial charge in [0.25, 0.3) is 0 Å². The minimum atomic E-state index is 0.781. The Morgan fingerprint density at radius 3 is 2.88 bits per heavy atom. The smallest absolute Gasteiger partial charge is 0.134 e. The van der Waals surface area contributed by atoms with Crippen molar-refractivity contribution in [1.29, 1.82) is 0 Å². The Hall–Kier alpha value is -1.62. The lowest BCUT2D eigenvalue weighted by atomic mass is 10.3. The van der Waals surface area contributed by atoms with Gasteiger partial charge in [0.15, 0.2) is 0 Å². The number of nitrogens with one attached hydrogen (secondary N) is 1. The zero-order valence-corrected chi connectivity index (χ0v) is 11.1. The predicted molar refractivity (Wildman–Crippen MR) is 72.7 cm³/mol. The van der Waals surface area contributed by atoms with Crippen LogP contribution in [-0.4, -0.2) is 24.1 Å². The van der Waals surface area contributed by atoms with E-state index < -0.39 is 0 Å². The summed E-state index contributed by atoms with van der Waals surface area (Å²) in [4.78, 5) is 10.8. The first-order chi connectivity index (χ1) is 8.19. The van der Waals surface area contributed by atoms with Gasteiger partial charge in [-0.25, -0.2) is 9.97 Å². The van der Waals surface area contributed by atoms with Crippen molar-refractivity contribution in [1.82, 2.24) is 9.97 Å². The number of nitrogens with zero attached hydrogens (tertiary/aromatic N) is 3. The monoisotopic (exact) mass is 248 g/mol. The highest BCUT2D eigenvalue weighted by atomic mass is 32.1. The molecule has 1 N–H and O–H groups in total. The van der Waals surface area contributed by atoms with Crippen LogP contribution >= 0.6 is 11.3 Å². The third kappa shape index (κ3) is 2.94. The maximum atomic E-state index is 4.44. The summed E-state index contributed by atoms with van der Waals surface area (Å²) < 4.78 is 0. The van der Waals surface area contributed by atoms with Crippen LogP contribution in [0.1, 0.15) is 11.4 Å². The van der Waals surface area contributed by atoms with Crippen LogP contribution in [0.15, 0.2) is 22.9 Å². The Labute approximate surface area is 105 Å². The molecule has 0 aliphatic rings. The molecule has 0 fully saturated rings. The van der Waals surface area contributed by atoms with Crippen LogP contribution < -0.4 is 10.2 Å². The maximum Gasteiger partial charge on any atom is 0.134 e. The summed E-state index contributed by atoms with van der Waals surface area (Å²) in [7, 11) is 3.91. The molecule has 0 radical (unpaired) electrons. The van der Waals surface area contributed by atoms with Crippen molar-refractivity contribution in [2.75, 3.05) is 24.3 Å². The lowest BCUT2D eigenvalue weighted by Crippen LogP contribution is -2.18. The third-order valence-electron chi connectivity index (χ3n) is 2.47. The number of anilines is 2. The van der Waals surface area contributed by atoms with E-state index in [-0.39, 0.29) is 0 Å². The molecule has 0 aliphatic carbocycles. The molecule has 4 nitrogen and oxygen atoms in total. The van der Waals surface area contributed by atoms with Gasteiger partial charge in [-0.05, 0) is 29.3 Å². The van der Waals surface area contributed by atoms with Gasteiger partial charge in [-0.3, -0.25) is 0 Å². The normalized spacial score (nSPS) is 10.3. The summed E-state index contributed by atoms with van der Waals surface area (Å²) in [5.41, 5.74) is 1.31. The summed E-state index contributed by atoms with van der Waals surface area (Å²) in [6.45, 7) is 2.77. The van der Waals surface area contributed by atoms with Crippen LogP contribution in [0.4, 0.5) is 11.6 Å². The van der Waals surface area contributed by atoms with Gasteiger partial charge < -0.3 is 10.2 Å². The zero-order valence-electron chi connectivity index (χ0n) is 10.3. The molecule has 0 aromatic carbocycles. The number of aromatic nitrogens is 2. The molecule has 0 amide bonds. The first-order valence-electron chi connectivity index (χ1n) is 5.44. The second kappa shape index (κ2) is 5.14. The molecule has 0 bridgehead atoms. The lowest BCUT2D eigenvalue weighted by molar-refractivity contribution is 0.883. The molecule has 0 saturated carbocycles. The van der Waals surface area contributed by atoms with Gasteiger partial charge in [-0.15, -0.1) is 0 Å². The van der Waals surface area contributed by atoms with Crippen molar-refractivity contribution in [2.45, 2.75) is 13.5 Å². The second-order valence-electron chi connectivity index (χ2n) is 3.90.